The molecule has 184 valence electrons. The van der Waals surface area contributed by atoms with Crippen molar-refractivity contribution < 1.29 is 9.53 Å². The Kier molecular flexibility index (Phi) is 7.11. The monoisotopic (exact) mass is 473 g/mol. The maximum absolute atomic E-state index is 12.2. The van der Waals surface area contributed by atoms with Crippen molar-refractivity contribution in [3.8, 4) is 11.3 Å². The lowest BCUT2D eigenvalue weighted by molar-refractivity contribution is -0.148. The molecule has 7 nitrogen and oxygen atoms in total. The molecule has 0 bridgehead atoms. The first-order chi connectivity index (χ1) is 17.1. The molecule has 0 aromatic carbocycles. The van der Waals surface area contributed by atoms with E-state index in [0.717, 1.165) is 65.2 Å². The Hall–Kier alpha value is -3.22. The molecule has 1 N–H and O–H groups in total. The highest BCUT2D eigenvalue weighted by atomic mass is 16.5. The number of nitrogens with one attached hydrogen (secondary N) is 1. The second-order valence-corrected chi connectivity index (χ2v) is 9.81. The molecule has 0 radical (unpaired) electrons. The van der Waals surface area contributed by atoms with Crippen molar-refractivity contribution in [3.05, 3.63) is 42.4 Å². The molecule has 0 unspecified atom stereocenters. The highest BCUT2D eigenvalue weighted by molar-refractivity contribution is 5.94. The lowest BCUT2D eigenvalue weighted by atomic mass is 9.95. The van der Waals surface area contributed by atoms with Gasteiger partial charge in [-0.2, -0.15) is 0 Å². The maximum Gasteiger partial charge on any atom is 0.309 e. The molecule has 35 heavy (non-hydrogen) atoms. The molecule has 7 heteroatoms. The van der Waals surface area contributed by atoms with Crippen LogP contribution in [0.15, 0.2) is 36.8 Å². The number of esters is 1. The van der Waals surface area contributed by atoms with Gasteiger partial charge in [-0.3, -0.25) is 9.78 Å². The predicted molar refractivity (Wildman–Crippen MR) is 140 cm³/mol. The summed E-state index contributed by atoms with van der Waals surface area (Å²) in [6.07, 6.45) is 13.5. The number of aryl methyl sites for hydroxylation is 1. The Labute approximate surface area is 207 Å². The van der Waals surface area contributed by atoms with Crippen molar-refractivity contribution >= 4 is 28.4 Å². The number of hydrogen-bond acceptors (Lipinski definition) is 7. The molecule has 3 aromatic rings. The highest BCUT2D eigenvalue weighted by Crippen LogP contribution is 2.34. The number of hydrogen-bond donors (Lipinski definition) is 1. The molecule has 2 fully saturated rings. The molecule has 1 aliphatic carbocycles. The molecule has 1 aliphatic heterocycles. The minimum Gasteiger partial charge on any atom is -0.466 e. The quantitative estimate of drug-likeness (QED) is 0.472. The van der Waals surface area contributed by atoms with Gasteiger partial charge in [0.1, 0.15) is 11.6 Å². The van der Waals surface area contributed by atoms with Crippen LogP contribution in [0.1, 0.15) is 57.4 Å². The molecule has 2 aliphatic rings. The number of pyridine rings is 3. The summed E-state index contributed by atoms with van der Waals surface area (Å²) < 4.78 is 5.26. The van der Waals surface area contributed by atoms with Gasteiger partial charge in [0.25, 0.3) is 0 Å². The second kappa shape index (κ2) is 10.6. The van der Waals surface area contributed by atoms with E-state index in [1.807, 2.05) is 31.6 Å². The van der Waals surface area contributed by atoms with E-state index in [-0.39, 0.29) is 11.9 Å². The minimum absolute atomic E-state index is 0.0295. The molecule has 5 rings (SSSR count). The van der Waals surface area contributed by atoms with Crippen LogP contribution in [0.25, 0.3) is 22.0 Å². The normalized spacial score (nSPS) is 17.5. The van der Waals surface area contributed by atoms with Crippen LogP contribution in [-0.2, 0) is 9.53 Å². The Bertz CT molecular complexity index is 1180. The number of ether oxygens (including phenoxy) is 1. The number of rotatable bonds is 6. The lowest BCUT2D eigenvalue weighted by Crippen LogP contribution is -2.37. The number of fused-ring (bicyclic) bond motifs is 1. The number of carbonyl (C=O) groups is 1. The lowest BCUT2D eigenvalue weighted by Gasteiger charge is -2.32. The summed E-state index contributed by atoms with van der Waals surface area (Å²) in [5.41, 5.74) is 3.12. The predicted octanol–water partition coefficient (Wildman–Crippen LogP) is 5.52. The average molecular weight is 474 g/mol. The molecule has 0 amide bonds. The number of carbonyl (C=O) groups excluding carboxylic acids is 1. The fraction of sp³-hybridized carbons (Fsp3) is 0.500. The van der Waals surface area contributed by atoms with Crippen molar-refractivity contribution in [2.24, 2.45) is 5.92 Å². The largest absolute Gasteiger partial charge is 0.466 e. The topological polar surface area (TPSA) is 80.2 Å². The van der Waals surface area contributed by atoms with E-state index in [2.05, 4.69) is 39.2 Å². The number of anilines is 2. The van der Waals surface area contributed by atoms with E-state index < -0.39 is 0 Å². The van der Waals surface area contributed by atoms with Crippen molar-refractivity contribution in [2.45, 2.75) is 64.8 Å². The standard InChI is InChI=1S/C28H35N5O2/c1-3-35-28(34)20-10-13-33(14-11-20)27-23-9-12-29-18-21(23)15-25(32-27)24-16-26(30-17-19(24)2)31-22-7-5-4-6-8-22/h9,12,15-18,20,22H,3-8,10-11,13-14H2,1-2H3,(H,30,31). The summed E-state index contributed by atoms with van der Waals surface area (Å²) >= 11 is 0. The van der Waals surface area contributed by atoms with Crippen LogP contribution in [0, 0.1) is 12.8 Å². The van der Waals surface area contributed by atoms with E-state index in [1.165, 1.54) is 32.1 Å². The Balaban J connectivity index is 1.45. The van der Waals surface area contributed by atoms with E-state index in [4.69, 9.17) is 9.72 Å². The number of piperidine rings is 1. The third-order valence-corrected chi connectivity index (χ3v) is 7.36. The summed E-state index contributed by atoms with van der Waals surface area (Å²) in [4.78, 5) is 28.8. The van der Waals surface area contributed by atoms with Gasteiger partial charge >= 0.3 is 5.97 Å². The molecule has 4 heterocycles. The van der Waals surface area contributed by atoms with Crippen molar-refractivity contribution in [3.63, 3.8) is 0 Å². The first-order valence-electron chi connectivity index (χ1n) is 13.0. The van der Waals surface area contributed by atoms with Gasteiger partial charge in [0.15, 0.2) is 0 Å². The molecule has 1 saturated carbocycles. The van der Waals surface area contributed by atoms with Crippen LogP contribution >= 0.6 is 0 Å². The van der Waals surface area contributed by atoms with Gasteiger partial charge in [-0.05, 0) is 63.3 Å². The van der Waals surface area contributed by atoms with Gasteiger partial charge in [-0.15, -0.1) is 0 Å². The van der Waals surface area contributed by atoms with Crippen LogP contribution in [0.3, 0.4) is 0 Å². The number of nitrogens with zero attached hydrogens (tertiary/aromatic N) is 4. The van der Waals surface area contributed by atoms with E-state index >= 15 is 0 Å². The van der Waals surface area contributed by atoms with E-state index in [9.17, 15) is 4.79 Å². The summed E-state index contributed by atoms with van der Waals surface area (Å²) in [6.45, 7) is 5.94. The molecule has 0 atom stereocenters. The second-order valence-electron chi connectivity index (χ2n) is 9.81. The molecule has 3 aromatic heterocycles. The van der Waals surface area contributed by atoms with Gasteiger partial charge in [0.2, 0.25) is 0 Å². The van der Waals surface area contributed by atoms with Crippen LogP contribution < -0.4 is 10.2 Å². The Morgan fingerprint density at radius 1 is 1.11 bits per heavy atom. The summed E-state index contributed by atoms with van der Waals surface area (Å²) in [5, 5.41) is 5.81. The van der Waals surface area contributed by atoms with Gasteiger partial charge in [0.05, 0.1) is 18.2 Å². The van der Waals surface area contributed by atoms with E-state index in [0.29, 0.717) is 12.6 Å². The van der Waals surface area contributed by atoms with Crippen LogP contribution in [0.5, 0.6) is 0 Å². The SMILES string of the molecule is CCOC(=O)C1CCN(c2nc(-c3cc(NC4CCCCC4)ncc3C)cc3cnccc23)CC1. The smallest absolute Gasteiger partial charge is 0.309 e. The van der Waals surface area contributed by atoms with Gasteiger partial charge < -0.3 is 15.0 Å². The van der Waals surface area contributed by atoms with Gasteiger partial charge in [0, 0.05) is 54.1 Å². The third kappa shape index (κ3) is 5.24. The summed E-state index contributed by atoms with van der Waals surface area (Å²) in [6, 6.07) is 6.81. The maximum atomic E-state index is 12.2. The third-order valence-electron chi connectivity index (χ3n) is 7.36. The fourth-order valence-electron chi connectivity index (χ4n) is 5.38. The minimum atomic E-state index is -0.0756. The highest BCUT2D eigenvalue weighted by Gasteiger charge is 2.28. The van der Waals surface area contributed by atoms with Crippen molar-refractivity contribution in [1.29, 1.82) is 0 Å². The Morgan fingerprint density at radius 2 is 1.91 bits per heavy atom. The average Bonchev–Trinajstić information content (AvgIpc) is 2.90. The molecule has 1 saturated heterocycles. The first kappa shape index (κ1) is 23.5. The van der Waals surface area contributed by atoms with Crippen molar-refractivity contribution in [2.75, 3.05) is 29.9 Å². The zero-order chi connectivity index (χ0) is 24.2. The first-order valence-corrected chi connectivity index (χ1v) is 13.0. The fourth-order valence-corrected chi connectivity index (χ4v) is 5.38. The summed E-state index contributed by atoms with van der Waals surface area (Å²) in [5.74, 6) is 1.77. The van der Waals surface area contributed by atoms with Gasteiger partial charge in [-0.1, -0.05) is 19.3 Å². The number of aromatic nitrogens is 3. The van der Waals surface area contributed by atoms with Crippen LogP contribution in [-0.4, -0.2) is 46.7 Å². The van der Waals surface area contributed by atoms with Crippen molar-refractivity contribution in [1.82, 2.24) is 15.0 Å². The Morgan fingerprint density at radius 3 is 2.69 bits per heavy atom. The molecule has 0 spiro atoms. The zero-order valence-electron chi connectivity index (χ0n) is 20.8. The summed E-state index contributed by atoms with van der Waals surface area (Å²) in [7, 11) is 0. The van der Waals surface area contributed by atoms with Crippen LogP contribution in [0.4, 0.5) is 11.6 Å². The zero-order valence-corrected chi connectivity index (χ0v) is 20.8. The van der Waals surface area contributed by atoms with Crippen LogP contribution in [0.2, 0.25) is 0 Å². The van der Waals surface area contributed by atoms with E-state index in [1.54, 1.807) is 0 Å². The molecular weight excluding hydrogens is 438 g/mol. The van der Waals surface area contributed by atoms with Gasteiger partial charge in [-0.25, -0.2) is 9.97 Å². The molecular formula is C28H35N5O2.